The fourth-order valence-corrected chi connectivity index (χ4v) is 3.00. The number of carboxylic acid groups (broad SMARTS) is 1. The van der Waals surface area contributed by atoms with Gasteiger partial charge in [-0.05, 0) is 44.0 Å². The largest absolute Gasteiger partial charge is 0.507 e. The van der Waals surface area contributed by atoms with Gasteiger partial charge in [0.25, 0.3) is 0 Å². The number of benzene rings is 2. The number of hydrogen-bond acceptors (Lipinski definition) is 7. The van der Waals surface area contributed by atoms with Crippen molar-refractivity contribution in [3.63, 3.8) is 0 Å². The lowest BCUT2D eigenvalue weighted by atomic mass is 10.0. The number of esters is 1. The Balaban J connectivity index is 2.56. The van der Waals surface area contributed by atoms with E-state index in [0.717, 1.165) is 0 Å². The number of aliphatic hydroxyl groups is 1. The van der Waals surface area contributed by atoms with E-state index in [1.807, 2.05) is 0 Å². The monoisotopic (exact) mass is 390 g/mol. The smallest absolute Gasteiger partial charge is 0.347 e. The first kappa shape index (κ1) is 21.0. The summed E-state index contributed by atoms with van der Waals surface area (Å²) in [4.78, 5) is 24.1. The van der Waals surface area contributed by atoms with Crippen molar-refractivity contribution in [2.24, 2.45) is 0 Å². The summed E-state index contributed by atoms with van der Waals surface area (Å²) in [5, 5.41) is 29.0. The summed E-state index contributed by atoms with van der Waals surface area (Å²) in [7, 11) is 2.79. The summed E-state index contributed by atoms with van der Waals surface area (Å²) in [5.41, 5.74) is 0.984. The molecule has 0 aliphatic heterocycles. The minimum Gasteiger partial charge on any atom is -0.507 e. The van der Waals surface area contributed by atoms with Crippen molar-refractivity contribution in [2.45, 2.75) is 27.4 Å². The molecule has 28 heavy (non-hydrogen) atoms. The molecule has 0 fully saturated rings. The van der Waals surface area contributed by atoms with E-state index in [9.17, 15) is 24.9 Å². The van der Waals surface area contributed by atoms with Crippen LogP contribution in [0.2, 0.25) is 0 Å². The maximum absolute atomic E-state index is 12.9. The van der Waals surface area contributed by atoms with E-state index < -0.39 is 24.3 Å². The lowest BCUT2D eigenvalue weighted by Crippen LogP contribution is -2.15. The van der Waals surface area contributed by atoms with Crippen LogP contribution >= 0.6 is 0 Å². The molecule has 2 rings (SSSR count). The van der Waals surface area contributed by atoms with E-state index in [-0.39, 0.29) is 33.8 Å². The summed E-state index contributed by atoms with van der Waals surface area (Å²) in [6.07, 6.45) is 0. The maximum Gasteiger partial charge on any atom is 0.347 e. The molecule has 2 aromatic rings. The summed E-state index contributed by atoms with van der Waals surface area (Å²) in [6.45, 7) is 4.18. The lowest BCUT2D eigenvalue weighted by molar-refractivity contribution is 0.0692. The summed E-state index contributed by atoms with van der Waals surface area (Å²) in [5.74, 6) is -2.03. The number of aliphatic hydroxyl groups excluding tert-OH is 1. The molecule has 0 unspecified atom stereocenters. The predicted octanol–water partition coefficient (Wildman–Crippen LogP) is 2.74. The van der Waals surface area contributed by atoms with Crippen molar-refractivity contribution >= 4 is 11.9 Å². The van der Waals surface area contributed by atoms with Crippen molar-refractivity contribution in [2.75, 3.05) is 14.2 Å². The number of carbonyl (C=O) groups is 2. The molecule has 0 aliphatic carbocycles. The number of phenols is 1. The van der Waals surface area contributed by atoms with E-state index in [1.54, 1.807) is 13.0 Å². The Bertz CT molecular complexity index is 946. The van der Waals surface area contributed by atoms with Gasteiger partial charge in [0.15, 0.2) is 0 Å². The number of carbonyl (C=O) groups excluding carboxylic acids is 1. The summed E-state index contributed by atoms with van der Waals surface area (Å²) >= 11 is 0. The maximum atomic E-state index is 12.9. The molecule has 0 aliphatic rings. The first-order valence-electron chi connectivity index (χ1n) is 8.31. The second-order valence-electron chi connectivity index (χ2n) is 6.18. The van der Waals surface area contributed by atoms with Gasteiger partial charge in [0.1, 0.15) is 34.1 Å². The Labute approximate surface area is 161 Å². The van der Waals surface area contributed by atoms with Crippen LogP contribution in [0.4, 0.5) is 0 Å². The van der Waals surface area contributed by atoms with E-state index >= 15 is 0 Å². The molecule has 8 nitrogen and oxygen atoms in total. The molecule has 0 spiro atoms. The van der Waals surface area contributed by atoms with Crippen molar-refractivity contribution in [3.8, 4) is 23.0 Å². The average molecular weight is 390 g/mol. The number of ether oxygens (including phenoxy) is 3. The molecule has 0 saturated heterocycles. The van der Waals surface area contributed by atoms with Crippen molar-refractivity contribution < 1.29 is 39.1 Å². The highest BCUT2D eigenvalue weighted by atomic mass is 16.5. The van der Waals surface area contributed by atoms with Crippen molar-refractivity contribution in [3.05, 3.63) is 45.5 Å². The minimum absolute atomic E-state index is 0.0211. The van der Waals surface area contributed by atoms with Gasteiger partial charge in [-0.3, -0.25) is 0 Å². The van der Waals surface area contributed by atoms with Gasteiger partial charge in [0.05, 0.1) is 26.4 Å². The van der Waals surface area contributed by atoms with Crippen LogP contribution in [0.3, 0.4) is 0 Å². The molecule has 0 bridgehead atoms. The zero-order chi connectivity index (χ0) is 21.2. The number of aromatic carboxylic acids is 1. The molecule has 0 radical (unpaired) electrons. The summed E-state index contributed by atoms with van der Waals surface area (Å²) in [6, 6.07) is 2.95. The fraction of sp³-hybridized carbons (Fsp3) is 0.300. The second-order valence-corrected chi connectivity index (χ2v) is 6.18. The normalized spacial score (nSPS) is 10.5. The van der Waals surface area contributed by atoms with Crippen LogP contribution in [-0.4, -0.2) is 41.5 Å². The molecule has 8 heteroatoms. The van der Waals surface area contributed by atoms with Crippen LogP contribution in [-0.2, 0) is 6.61 Å². The molecule has 0 aromatic heterocycles. The highest BCUT2D eigenvalue weighted by Crippen LogP contribution is 2.37. The molecular formula is C20H22O8. The van der Waals surface area contributed by atoms with Gasteiger partial charge >= 0.3 is 11.9 Å². The van der Waals surface area contributed by atoms with Crippen LogP contribution in [0.1, 0.15) is 43.0 Å². The standard InChI is InChI=1S/C20H22O8/c1-9-6-13(11(3)17(22)15(9)19(23)24)28-20(25)16-10(2)7-14(26-4)12(8-21)18(16)27-5/h6-7,21-22H,8H2,1-5H3,(H,23,24). The third-order valence-corrected chi connectivity index (χ3v) is 4.45. The summed E-state index contributed by atoms with van der Waals surface area (Å²) < 4.78 is 16.0. The molecule has 0 heterocycles. The van der Waals surface area contributed by atoms with Gasteiger partial charge in [-0.2, -0.15) is 0 Å². The van der Waals surface area contributed by atoms with Crippen LogP contribution in [0.15, 0.2) is 12.1 Å². The second kappa shape index (κ2) is 8.18. The first-order chi connectivity index (χ1) is 13.2. The van der Waals surface area contributed by atoms with E-state index in [2.05, 4.69) is 0 Å². The Morgan fingerprint density at radius 1 is 0.964 bits per heavy atom. The number of methoxy groups -OCH3 is 2. The lowest BCUT2D eigenvalue weighted by Gasteiger charge is -2.18. The molecule has 0 amide bonds. The molecule has 0 atom stereocenters. The Morgan fingerprint density at radius 3 is 2.04 bits per heavy atom. The zero-order valence-corrected chi connectivity index (χ0v) is 16.2. The highest BCUT2D eigenvalue weighted by molar-refractivity contribution is 5.97. The van der Waals surface area contributed by atoms with E-state index in [4.69, 9.17) is 14.2 Å². The highest BCUT2D eigenvalue weighted by Gasteiger charge is 2.26. The fourth-order valence-electron chi connectivity index (χ4n) is 3.00. The number of hydrogen-bond donors (Lipinski definition) is 3. The van der Waals surface area contributed by atoms with Crippen molar-refractivity contribution in [1.82, 2.24) is 0 Å². The third-order valence-electron chi connectivity index (χ3n) is 4.45. The van der Waals surface area contributed by atoms with Crippen molar-refractivity contribution in [1.29, 1.82) is 0 Å². The Hall–Kier alpha value is -3.26. The molecule has 3 N–H and O–H groups in total. The first-order valence-corrected chi connectivity index (χ1v) is 8.31. The Morgan fingerprint density at radius 2 is 1.54 bits per heavy atom. The van der Waals surface area contributed by atoms with Crippen LogP contribution in [0.25, 0.3) is 0 Å². The molecule has 0 saturated carbocycles. The number of aromatic hydroxyl groups is 1. The average Bonchev–Trinajstić information content (AvgIpc) is 2.64. The van der Waals surface area contributed by atoms with Gasteiger partial charge in [-0.25, -0.2) is 9.59 Å². The van der Waals surface area contributed by atoms with Gasteiger partial charge in [-0.15, -0.1) is 0 Å². The van der Waals surface area contributed by atoms with Crippen LogP contribution < -0.4 is 14.2 Å². The minimum atomic E-state index is -1.28. The Kier molecular flexibility index (Phi) is 6.15. The van der Waals surface area contributed by atoms with Gasteiger partial charge < -0.3 is 29.5 Å². The molecular weight excluding hydrogens is 368 g/mol. The third kappa shape index (κ3) is 3.59. The van der Waals surface area contributed by atoms with Gasteiger partial charge in [0, 0.05) is 5.56 Å². The number of aryl methyl sites for hydroxylation is 2. The van der Waals surface area contributed by atoms with Crippen LogP contribution in [0, 0.1) is 20.8 Å². The predicted molar refractivity (Wildman–Crippen MR) is 99.7 cm³/mol. The van der Waals surface area contributed by atoms with Gasteiger partial charge in [-0.1, -0.05) is 0 Å². The molecule has 2 aromatic carbocycles. The van der Waals surface area contributed by atoms with Crippen LogP contribution in [0.5, 0.6) is 23.0 Å². The number of carboxylic acids is 1. The quantitative estimate of drug-likeness (QED) is 0.508. The topological polar surface area (TPSA) is 123 Å². The molecule has 150 valence electrons. The SMILES string of the molecule is COc1cc(C)c(C(=O)Oc2cc(C)c(C(=O)O)c(O)c2C)c(OC)c1CO. The van der Waals surface area contributed by atoms with Gasteiger partial charge in [0.2, 0.25) is 0 Å². The van der Waals surface area contributed by atoms with E-state index in [1.165, 1.54) is 34.1 Å². The van der Waals surface area contributed by atoms with E-state index in [0.29, 0.717) is 16.9 Å². The zero-order valence-electron chi connectivity index (χ0n) is 16.2. The number of rotatable bonds is 6.